The zero-order valence-corrected chi connectivity index (χ0v) is 16.7. The Morgan fingerprint density at radius 1 is 1.25 bits per heavy atom. The quantitative estimate of drug-likeness (QED) is 0.477. The van der Waals surface area contributed by atoms with Crippen molar-refractivity contribution in [3.05, 3.63) is 51.3 Å². The molecule has 1 aromatic heterocycles. The van der Waals surface area contributed by atoms with Gasteiger partial charge in [-0.1, -0.05) is 23.2 Å². The molecule has 0 aliphatic rings. The van der Waals surface area contributed by atoms with Crippen LogP contribution in [0, 0.1) is 0 Å². The predicted molar refractivity (Wildman–Crippen MR) is 102 cm³/mol. The molecule has 6 nitrogen and oxygen atoms in total. The number of hydrogen-bond acceptors (Lipinski definition) is 3. The van der Waals surface area contributed by atoms with Crippen LogP contribution in [0.1, 0.15) is 29.8 Å². The van der Waals surface area contributed by atoms with Gasteiger partial charge in [0.25, 0.3) is 0 Å². The van der Waals surface area contributed by atoms with Gasteiger partial charge in [-0.25, -0.2) is 4.99 Å². The average Bonchev–Trinajstić information content (AvgIpc) is 2.97. The second-order valence-corrected chi connectivity index (χ2v) is 6.84. The number of aliphatic hydroxyl groups excluding tert-OH is 1. The molecule has 0 bridgehead atoms. The Kier molecular flexibility index (Phi) is 7.56. The van der Waals surface area contributed by atoms with E-state index in [1.54, 1.807) is 18.2 Å². The number of alkyl halides is 3. The molecule has 1 atom stereocenters. The Hall–Kier alpha value is -1.97. The number of nitrogens with one attached hydrogen (secondary N) is 2. The number of aliphatic hydroxyl groups is 1. The van der Waals surface area contributed by atoms with Crippen LogP contribution in [0.15, 0.2) is 29.4 Å². The first-order valence-electron chi connectivity index (χ1n) is 8.36. The SMILES string of the molecule is CCNC(=NCc1cn(C)nc1C(F)(F)F)NCC(O)c1cc(Cl)cc(Cl)c1. The summed E-state index contributed by atoms with van der Waals surface area (Å²) in [6, 6.07) is 4.70. The maximum Gasteiger partial charge on any atom is 0.435 e. The molecule has 1 unspecified atom stereocenters. The number of aromatic nitrogens is 2. The van der Waals surface area contributed by atoms with Crippen LogP contribution in [0.5, 0.6) is 0 Å². The van der Waals surface area contributed by atoms with Crippen LogP contribution < -0.4 is 10.6 Å². The fourth-order valence-corrected chi connectivity index (χ4v) is 3.02. The minimum atomic E-state index is -4.56. The van der Waals surface area contributed by atoms with Crippen LogP contribution in [-0.4, -0.2) is 33.9 Å². The Bertz CT molecular complexity index is 818. The van der Waals surface area contributed by atoms with Gasteiger partial charge in [-0.3, -0.25) is 4.68 Å². The fourth-order valence-electron chi connectivity index (χ4n) is 2.48. The lowest BCUT2D eigenvalue weighted by Gasteiger charge is -2.16. The highest BCUT2D eigenvalue weighted by atomic mass is 35.5. The van der Waals surface area contributed by atoms with Crippen molar-refractivity contribution in [1.82, 2.24) is 20.4 Å². The molecule has 2 aromatic rings. The van der Waals surface area contributed by atoms with Crippen LogP contribution in [0.25, 0.3) is 0 Å². The van der Waals surface area contributed by atoms with Gasteiger partial charge in [0.05, 0.1) is 12.6 Å². The molecule has 0 spiro atoms. The van der Waals surface area contributed by atoms with Crippen molar-refractivity contribution in [2.75, 3.05) is 13.1 Å². The maximum atomic E-state index is 13.0. The molecule has 0 saturated heterocycles. The summed E-state index contributed by atoms with van der Waals surface area (Å²) in [5, 5.41) is 20.3. The molecule has 0 radical (unpaired) electrons. The smallest absolute Gasteiger partial charge is 0.387 e. The van der Waals surface area contributed by atoms with E-state index in [2.05, 4.69) is 20.7 Å². The maximum absolute atomic E-state index is 13.0. The molecule has 1 heterocycles. The van der Waals surface area contributed by atoms with Crippen molar-refractivity contribution >= 4 is 29.2 Å². The van der Waals surface area contributed by atoms with Gasteiger partial charge in [0, 0.05) is 41.9 Å². The van der Waals surface area contributed by atoms with E-state index in [0.29, 0.717) is 22.2 Å². The Labute approximate surface area is 170 Å². The molecule has 0 fully saturated rings. The third-order valence-electron chi connectivity index (χ3n) is 3.66. The molecule has 0 saturated carbocycles. The van der Waals surface area contributed by atoms with Gasteiger partial charge >= 0.3 is 6.18 Å². The van der Waals surface area contributed by atoms with E-state index in [1.165, 1.54) is 13.2 Å². The third-order valence-corrected chi connectivity index (χ3v) is 4.09. The van der Waals surface area contributed by atoms with Crippen molar-refractivity contribution in [3.8, 4) is 0 Å². The number of rotatable bonds is 6. The number of benzene rings is 1. The molecule has 2 rings (SSSR count). The third kappa shape index (κ3) is 6.29. The highest BCUT2D eigenvalue weighted by molar-refractivity contribution is 6.34. The first-order chi connectivity index (χ1) is 13.1. The normalized spacial score (nSPS) is 13.5. The van der Waals surface area contributed by atoms with Gasteiger partial charge in [-0.15, -0.1) is 0 Å². The molecule has 3 N–H and O–H groups in total. The number of halogens is 5. The van der Waals surface area contributed by atoms with E-state index in [4.69, 9.17) is 23.2 Å². The highest BCUT2D eigenvalue weighted by Gasteiger charge is 2.36. The minimum Gasteiger partial charge on any atom is -0.387 e. The fraction of sp³-hybridized carbons (Fsp3) is 0.412. The lowest BCUT2D eigenvalue weighted by atomic mass is 10.1. The molecule has 28 heavy (non-hydrogen) atoms. The summed E-state index contributed by atoms with van der Waals surface area (Å²) in [4.78, 5) is 4.15. The van der Waals surface area contributed by atoms with E-state index in [1.807, 2.05) is 6.92 Å². The lowest BCUT2D eigenvalue weighted by Crippen LogP contribution is -2.39. The number of nitrogens with zero attached hydrogens (tertiary/aromatic N) is 3. The number of guanidine groups is 1. The summed E-state index contributed by atoms with van der Waals surface area (Å²) in [5.74, 6) is 0.256. The van der Waals surface area contributed by atoms with Gasteiger partial charge in [0.1, 0.15) is 0 Å². The predicted octanol–water partition coefficient (Wildman–Crippen LogP) is 3.53. The van der Waals surface area contributed by atoms with Crippen molar-refractivity contribution < 1.29 is 18.3 Å². The van der Waals surface area contributed by atoms with Gasteiger partial charge in [0.15, 0.2) is 11.7 Å². The second kappa shape index (κ2) is 9.49. The van der Waals surface area contributed by atoms with E-state index < -0.39 is 18.0 Å². The van der Waals surface area contributed by atoms with E-state index in [-0.39, 0.29) is 24.6 Å². The second-order valence-electron chi connectivity index (χ2n) is 5.97. The van der Waals surface area contributed by atoms with Gasteiger partial charge in [-0.2, -0.15) is 18.3 Å². The van der Waals surface area contributed by atoms with Crippen LogP contribution in [0.3, 0.4) is 0 Å². The van der Waals surface area contributed by atoms with Crippen LogP contribution in [0.2, 0.25) is 10.0 Å². The zero-order valence-electron chi connectivity index (χ0n) is 15.2. The van der Waals surface area contributed by atoms with Gasteiger partial charge in [0.2, 0.25) is 0 Å². The molecule has 1 aromatic carbocycles. The average molecular weight is 438 g/mol. The first kappa shape index (κ1) is 22.3. The van der Waals surface area contributed by atoms with Crippen molar-refractivity contribution in [3.63, 3.8) is 0 Å². The van der Waals surface area contributed by atoms with Crippen molar-refractivity contribution in [2.45, 2.75) is 25.7 Å². The number of aliphatic imine (C=N–C) groups is 1. The molecular formula is C17H20Cl2F3N5O. The summed E-state index contributed by atoms with van der Waals surface area (Å²) < 4.78 is 40.2. The van der Waals surface area contributed by atoms with E-state index in [9.17, 15) is 18.3 Å². The molecule has 154 valence electrons. The molecule has 0 aliphatic carbocycles. The highest BCUT2D eigenvalue weighted by Crippen LogP contribution is 2.30. The van der Waals surface area contributed by atoms with Crippen LogP contribution >= 0.6 is 23.2 Å². The zero-order chi connectivity index (χ0) is 20.9. The monoisotopic (exact) mass is 437 g/mol. The molecule has 11 heteroatoms. The van der Waals surface area contributed by atoms with E-state index in [0.717, 1.165) is 4.68 Å². The van der Waals surface area contributed by atoms with Gasteiger partial charge in [-0.05, 0) is 30.7 Å². The lowest BCUT2D eigenvalue weighted by molar-refractivity contribution is -0.142. The molecule has 0 aliphatic heterocycles. The summed E-state index contributed by atoms with van der Waals surface area (Å²) >= 11 is 11.9. The number of hydrogen-bond donors (Lipinski definition) is 3. The van der Waals surface area contributed by atoms with E-state index >= 15 is 0 Å². The standard InChI is InChI=1S/C17H20Cl2F3N5O/c1-3-23-16(24-7-11-9-27(2)26-15(11)17(20,21)22)25-8-14(28)10-4-12(18)6-13(19)5-10/h4-6,9,14,28H,3,7-8H2,1-2H3,(H2,23,24,25). The topological polar surface area (TPSA) is 74.5 Å². The Morgan fingerprint density at radius 3 is 2.46 bits per heavy atom. The Balaban J connectivity index is 2.09. The molecule has 0 amide bonds. The summed E-state index contributed by atoms with van der Waals surface area (Å²) in [6.45, 7) is 2.14. The first-order valence-corrected chi connectivity index (χ1v) is 9.11. The van der Waals surface area contributed by atoms with Crippen LogP contribution in [-0.2, 0) is 19.8 Å². The molecular weight excluding hydrogens is 418 g/mol. The summed E-state index contributed by atoms with van der Waals surface area (Å²) in [5.41, 5.74) is -0.509. The van der Waals surface area contributed by atoms with Gasteiger partial charge < -0.3 is 15.7 Å². The van der Waals surface area contributed by atoms with Crippen molar-refractivity contribution in [2.24, 2.45) is 12.0 Å². The van der Waals surface area contributed by atoms with Crippen LogP contribution in [0.4, 0.5) is 13.2 Å². The van der Waals surface area contributed by atoms with Crippen molar-refractivity contribution in [1.29, 1.82) is 0 Å². The minimum absolute atomic E-state index is 0.0469. The largest absolute Gasteiger partial charge is 0.435 e. The summed E-state index contributed by atoms with van der Waals surface area (Å²) in [6.07, 6.45) is -4.22. The Morgan fingerprint density at radius 2 is 1.89 bits per heavy atom. The summed E-state index contributed by atoms with van der Waals surface area (Å²) in [7, 11) is 1.42. The number of aryl methyl sites for hydroxylation is 1.